The number of rotatable bonds is 8. The van der Waals surface area contributed by atoms with E-state index in [9.17, 15) is 0 Å². The highest BCUT2D eigenvalue weighted by molar-refractivity contribution is 5.84. The lowest BCUT2D eigenvalue weighted by Crippen LogP contribution is -2.23. The third-order valence-electron chi connectivity index (χ3n) is 6.61. The molecule has 0 aliphatic heterocycles. The third kappa shape index (κ3) is 4.39. The van der Waals surface area contributed by atoms with Gasteiger partial charge in [0.2, 0.25) is 0 Å². The van der Waals surface area contributed by atoms with Crippen LogP contribution in [0.2, 0.25) is 0 Å². The van der Waals surface area contributed by atoms with Gasteiger partial charge >= 0.3 is 0 Å². The molecule has 0 fully saturated rings. The van der Waals surface area contributed by atoms with Crippen molar-refractivity contribution in [3.05, 3.63) is 69.8 Å². The van der Waals surface area contributed by atoms with Crippen LogP contribution >= 0.6 is 0 Å². The lowest BCUT2D eigenvalue weighted by atomic mass is 10.0. The summed E-state index contributed by atoms with van der Waals surface area (Å²) in [5, 5.41) is 5.91. The summed E-state index contributed by atoms with van der Waals surface area (Å²) < 4.78 is 7.64. The number of aryl methyl sites for hydroxylation is 4. The predicted molar refractivity (Wildman–Crippen MR) is 142 cm³/mol. The Labute approximate surface area is 203 Å². The second-order valence-corrected chi connectivity index (χ2v) is 9.10. The van der Waals surface area contributed by atoms with Crippen LogP contribution < -0.4 is 15.0 Å². The molecule has 4 rings (SSSR count). The number of unbranched alkanes of at least 4 members (excludes halogenated alkanes) is 1. The van der Waals surface area contributed by atoms with Crippen molar-refractivity contribution in [3.63, 3.8) is 0 Å². The molecule has 5 heteroatoms. The summed E-state index contributed by atoms with van der Waals surface area (Å²) in [7, 11) is 1.71. The molecule has 0 spiro atoms. The average Bonchev–Trinajstić information content (AvgIpc) is 3.28. The van der Waals surface area contributed by atoms with Crippen molar-refractivity contribution in [2.75, 3.05) is 25.1 Å². The molecule has 2 heterocycles. The van der Waals surface area contributed by atoms with Crippen LogP contribution in [0.4, 0.5) is 5.69 Å². The first kappa shape index (κ1) is 23.8. The topological polar surface area (TPSA) is 42.7 Å². The summed E-state index contributed by atoms with van der Waals surface area (Å²) in [6, 6.07) is 13.0. The number of methoxy groups -OCH3 is 1. The third-order valence-corrected chi connectivity index (χ3v) is 6.61. The molecule has 178 valence electrons. The van der Waals surface area contributed by atoms with Crippen LogP contribution in [-0.2, 0) is 0 Å². The summed E-state index contributed by atoms with van der Waals surface area (Å²) in [4.78, 5) is 7.39. The van der Waals surface area contributed by atoms with Gasteiger partial charge in [-0.2, -0.15) is 5.10 Å². The fourth-order valence-corrected chi connectivity index (χ4v) is 4.64. The van der Waals surface area contributed by atoms with Gasteiger partial charge in [-0.1, -0.05) is 31.0 Å². The molecule has 0 radical (unpaired) electrons. The van der Waals surface area contributed by atoms with Crippen LogP contribution in [0.5, 0.6) is 5.75 Å². The van der Waals surface area contributed by atoms with E-state index in [-0.39, 0.29) is 0 Å². The van der Waals surface area contributed by atoms with Crippen molar-refractivity contribution >= 4 is 17.4 Å². The van der Waals surface area contributed by atoms with Gasteiger partial charge in [0.25, 0.3) is 0 Å². The zero-order valence-corrected chi connectivity index (χ0v) is 21.6. The van der Waals surface area contributed by atoms with Crippen molar-refractivity contribution in [1.82, 2.24) is 14.6 Å². The molecule has 0 saturated carbocycles. The first-order valence-corrected chi connectivity index (χ1v) is 12.3. The second kappa shape index (κ2) is 9.88. The first-order chi connectivity index (χ1) is 16.4. The van der Waals surface area contributed by atoms with Gasteiger partial charge in [-0.25, -0.2) is 9.50 Å². The highest BCUT2D eigenvalue weighted by atomic mass is 16.5. The smallest absolute Gasteiger partial charge is 0.164 e. The molecule has 4 aromatic rings. The zero-order valence-electron chi connectivity index (χ0n) is 21.6. The van der Waals surface area contributed by atoms with Crippen molar-refractivity contribution in [3.8, 4) is 16.9 Å². The Bertz CT molecular complexity index is 1370. The molecule has 2 aromatic carbocycles. The Morgan fingerprint density at radius 3 is 2.47 bits per heavy atom. The quantitative estimate of drug-likeness (QED) is 0.335. The molecule has 0 saturated heterocycles. The average molecular weight is 457 g/mol. The van der Waals surface area contributed by atoms with Gasteiger partial charge in [-0.3, -0.25) is 0 Å². The molecule has 0 unspecified atom stereocenters. The standard InChI is InChI=1S/C29H36N4O/c1-8-10-15-32(9-2)24-13-12-23(20(4)17-24)18-26-21(5)30-29-28(22(6)31-33(26)29)25-16-19(3)11-14-27(25)34-7/h11-14,16-18H,8-10,15H2,1-7H3/b26-18-. The highest BCUT2D eigenvalue weighted by Crippen LogP contribution is 2.35. The lowest BCUT2D eigenvalue weighted by molar-refractivity contribution is 0.416. The number of benzene rings is 2. The Morgan fingerprint density at radius 1 is 1.00 bits per heavy atom. The fraction of sp³-hybridized carbons (Fsp3) is 0.379. The van der Waals surface area contributed by atoms with Gasteiger partial charge in [-0.05, 0) is 82.5 Å². The van der Waals surface area contributed by atoms with Gasteiger partial charge < -0.3 is 9.64 Å². The van der Waals surface area contributed by atoms with E-state index in [2.05, 4.69) is 75.9 Å². The number of aromatic nitrogens is 3. The Balaban J connectivity index is 1.81. The van der Waals surface area contributed by atoms with Crippen molar-refractivity contribution in [2.45, 2.75) is 54.4 Å². The number of anilines is 1. The van der Waals surface area contributed by atoms with E-state index in [1.54, 1.807) is 7.11 Å². The maximum atomic E-state index is 5.66. The molecule has 0 aliphatic carbocycles. The van der Waals surface area contributed by atoms with Crippen LogP contribution in [0.15, 0.2) is 36.4 Å². The lowest BCUT2D eigenvalue weighted by Gasteiger charge is -2.23. The van der Waals surface area contributed by atoms with Crippen LogP contribution in [0.3, 0.4) is 0 Å². The summed E-state index contributed by atoms with van der Waals surface area (Å²) >= 11 is 0. The molecule has 0 amide bonds. The summed E-state index contributed by atoms with van der Waals surface area (Å²) in [5.74, 6) is 0.838. The minimum absolute atomic E-state index is 0.838. The van der Waals surface area contributed by atoms with E-state index < -0.39 is 0 Å². The first-order valence-electron chi connectivity index (χ1n) is 12.3. The molecule has 0 atom stereocenters. The van der Waals surface area contributed by atoms with E-state index >= 15 is 0 Å². The predicted octanol–water partition coefficient (Wildman–Crippen LogP) is 5.81. The number of ether oxygens (including phenoxy) is 1. The van der Waals surface area contributed by atoms with Crippen LogP contribution in [0.25, 0.3) is 22.9 Å². The molecule has 0 bridgehead atoms. The second-order valence-electron chi connectivity index (χ2n) is 9.10. The minimum Gasteiger partial charge on any atom is -0.496 e. The van der Waals surface area contributed by atoms with Gasteiger partial charge in [0.15, 0.2) is 5.65 Å². The summed E-state index contributed by atoms with van der Waals surface area (Å²) in [5.41, 5.74) is 9.77. The highest BCUT2D eigenvalue weighted by Gasteiger charge is 2.19. The number of hydrogen-bond acceptors (Lipinski definition) is 4. The Hall–Kier alpha value is -3.34. The molecular weight excluding hydrogens is 420 g/mol. The molecule has 34 heavy (non-hydrogen) atoms. The van der Waals surface area contributed by atoms with E-state index in [4.69, 9.17) is 14.8 Å². The monoisotopic (exact) mass is 456 g/mol. The fourth-order valence-electron chi connectivity index (χ4n) is 4.64. The Morgan fingerprint density at radius 2 is 1.79 bits per heavy atom. The largest absolute Gasteiger partial charge is 0.496 e. The molecule has 2 aromatic heterocycles. The molecule has 0 N–H and O–H groups in total. The van der Waals surface area contributed by atoms with E-state index in [0.717, 1.165) is 52.4 Å². The number of fused-ring (bicyclic) bond motifs is 1. The molecule has 0 aliphatic rings. The minimum atomic E-state index is 0.838. The van der Waals surface area contributed by atoms with Gasteiger partial charge in [0, 0.05) is 24.3 Å². The molecule has 5 nitrogen and oxygen atoms in total. The van der Waals surface area contributed by atoms with E-state index in [0.29, 0.717) is 0 Å². The normalized spacial score (nSPS) is 12.0. The zero-order chi connectivity index (χ0) is 24.4. The van der Waals surface area contributed by atoms with Crippen LogP contribution in [0, 0.1) is 27.7 Å². The maximum Gasteiger partial charge on any atom is 0.164 e. The van der Waals surface area contributed by atoms with Crippen molar-refractivity contribution < 1.29 is 4.74 Å². The summed E-state index contributed by atoms with van der Waals surface area (Å²) in [6.45, 7) is 15.0. The van der Waals surface area contributed by atoms with Crippen molar-refractivity contribution in [2.24, 2.45) is 0 Å². The Kier molecular flexibility index (Phi) is 6.92. The van der Waals surface area contributed by atoms with Crippen LogP contribution in [-0.4, -0.2) is 34.8 Å². The number of imidazole rings is 1. The van der Waals surface area contributed by atoms with E-state index in [1.165, 1.54) is 35.2 Å². The number of hydrogen-bond donors (Lipinski definition) is 0. The number of nitrogens with zero attached hydrogens (tertiary/aromatic N) is 4. The summed E-state index contributed by atoms with van der Waals surface area (Å²) in [6.07, 6.45) is 4.63. The van der Waals surface area contributed by atoms with Gasteiger partial charge in [0.05, 0.1) is 29.4 Å². The van der Waals surface area contributed by atoms with E-state index in [1.807, 2.05) is 17.5 Å². The van der Waals surface area contributed by atoms with Crippen molar-refractivity contribution in [1.29, 1.82) is 0 Å². The molecular formula is C29H36N4O. The van der Waals surface area contributed by atoms with Gasteiger partial charge in [-0.15, -0.1) is 0 Å². The SMILES string of the molecule is CCCCN(CC)c1ccc(/C=c2/c(C)nc3c(-c4cc(C)ccc4OC)c(C)nn23)c(C)c1. The van der Waals surface area contributed by atoms with Gasteiger partial charge in [0.1, 0.15) is 5.75 Å². The van der Waals surface area contributed by atoms with Crippen LogP contribution in [0.1, 0.15) is 54.8 Å². The maximum absolute atomic E-state index is 5.66.